The first-order chi connectivity index (χ1) is 12.7. The summed E-state index contributed by atoms with van der Waals surface area (Å²) in [7, 11) is 0. The van der Waals surface area contributed by atoms with Crippen LogP contribution >= 0.6 is 0 Å². The Morgan fingerprint density at radius 1 is 0.885 bits per heavy atom. The van der Waals surface area contributed by atoms with Gasteiger partial charge in [0.15, 0.2) is 0 Å². The molecule has 1 aliphatic carbocycles. The average Bonchev–Trinajstić information content (AvgIpc) is 3.33. The Morgan fingerprint density at radius 3 is 2.27 bits per heavy atom. The smallest absolute Gasteiger partial charge is 0.228 e. The van der Waals surface area contributed by atoms with Gasteiger partial charge in [-0.3, -0.25) is 9.59 Å². The Hall–Kier alpha value is -2.56. The predicted molar refractivity (Wildman–Crippen MR) is 99.8 cm³/mol. The van der Waals surface area contributed by atoms with Crippen molar-refractivity contribution in [3.8, 4) is 0 Å². The number of H-pyrrole nitrogens is 1. The molecule has 0 bridgehead atoms. The molecule has 0 saturated carbocycles. The number of benzene rings is 1. The van der Waals surface area contributed by atoms with Crippen LogP contribution in [-0.2, 0) is 35.3 Å². The van der Waals surface area contributed by atoms with Crippen LogP contribution in [0.3, 0.4) is 0 Å². The Bertz CT molecular complexity index is 790. The first-order valence-corrected chi connectivity index (χ1v) is 9.47. The zero-order valence-electron chi connectivity index (χ0n) is 15.0. The summed E-state index contributed by atoms with van der Waals surface area (Å²) in [5, 5.41) is 0. The van der Waals surface area contributed by atoms with Crippen molar-refractivity contribution in [2.24, 2.45) is 0 Å². The fourth-order valence-corrected chi connectivity index (χ4v) is 3.98. The van der Waals surface area contributed by atoms with Gasteiger partial charge in [-0.15, -0.1) is 0 Å². The molecule has 1 aromatic carbocycles. The summed E-state index contributed by atoms with van der Waals surface area (Å²) in [6, 6.07) is 10.3. The van der Waals surface area contributed by atoms with Crippen LogP contribution in [0, 0.1) is 0 Å². The minimum atomic E-state index is 0.123. The van der Waals surface area contributed by atoms with Crippen LogP contribution in [0.25, 0.3) is 0 Å². The quantitative estimate of drug-likeness (QED) is 0.915. The summed E-state index contributed by atoms with van der Waals surface area (Å²) in [5.74, 6) is 0.289. The number of carbonyl (C=O) groups excluding carboxylic acids is 2. The van der Waals surface area contributed by atoms with E-state index in [1.165, 1.54) is 24.0 Å². The van der Waals surface area contributed by atoms with Gasteiger partial charge >= 0.3 is 0 Å². The van der Waals surface area contributed by atoms with Gasteiger partial charge in [0.1, 0.15) is 0 Å². The van der Waals surface area contributed by atoms with Gasteiger partial charge < -0.3 is 14.8 Å². The minimum absolute atomic E-state index is 0.123. The summed E-state index contributed by atoms with van der Waals surface area (Å²) < 4.78 is 0. The molecule has 2 aliphatic rings. The number of aromatic amines is 1. The zero-order chi connectivity index (χ0) is 17.9. The third-order valence-electron chi connectivity index (χ3n) is 5.51. The predicted octanol–water partition coefficient (Wildman–Crippen LogP) is 1.96. The monoisotopic (exact) mass is 351 g/mol. The van der Waals surface area contributed by atoms with E-state index in [9.17, 15) is 9.59 Å². The molecule has 26 heavy (non-hydrogen) atoms. The van der Waals surface area contributed by atoms with Crippen molar-refractivity contribution in [2.75, 3.05) is 26.2 Å². The standard InChI is InChI=1S/C21H25N3O2/c25-20(14-16-6-7-17-3-1-4-18(17)13-16)23-9-11-24(12-10-23)21(26)15-19-5-2-8-22-19/h2,5-8,13,22H,1,3-4,9-12,14-15H2. The highest BCUT2D eigenvalue weighted by Crippen LogP contribution is 2.23. The van der Waals surface area contributed by atoms with Crippen LogP contribution in [-0.4, -0.2) is 52.8 Å². The average molecular weight is 351 g/mol. The Morgan fingerprint density at radius 2 is 1.58 bits per heavy atom. The summed E-state index contributed by atoms with van der Waals surface area (Å²) in [5.41, 5.74) is 4.90. The zero-order valence-corrected chi connectivity index (χ0v) is 15.0. The van der Waals surface area contributed by atoms with Gasteiger partial charge in [0.25, 0.3) is 0 Å². The van der Waals surface area contributed by atoms with E-state index in [4.69, 9.17) is 0 Å². The van der Waals surface area contributed by atoms with E-state index in [0.717, 1.165) is 17.7 Å². The number of fused-ring (bicyclic) bond motifs is 1. The third-order valence-corrected chi connectivity index (χ3v) is 5.51. The molecule has 5 nitrogen and oxygen atoms in total. The van der Waals surface area contributed by atoms with Gasteiger partial charge in [0.05, 0.1) is 12.8 Å². The molecule has 2 amide bonds. The molecule has 5 heteroatoms. The molecule has 1 saturated heterocycles. The van der Waals surface area contributed by atoms with Gasteiger partial charge in [0.2, 0.25) is 11.8 Å². The molecule has 4 rings (SSSR count). The van der Waals surface area contributed by atoms with E-state index in [-0.39, 0.29) is 11.8 Å². The molecular weight excluding hydrogens is 326 g/mol. The second-order valence-electron chi connectivity index (χ2n) is 7.27. The Labute approximate surface area is 154 Å². The van der Waals surface area contributed by atoms with Gasteiger partial charge in [-0.2, -0.15) is 0 Å². The molecule has 1 N–H and O–H groups in total. The fraction of sp³-hybridized carbons (Fsp3) is 0.429. The number of aryl methyl sites for hydroxylation is 2. The van der Waals surface area contributed by atoms with Gasteiger partial charge in [0, 0.05) is 38.1 Å². The van der Waals surface area contributed by atoms with Crippen LogP contribution in [0.15, 0.2) is 36.5 Å². The van der Waals surface area contributed by atoms with Crippen molar-refractivity contribution in [3.05, 3.63) is 58.9 Å². The molecule has 0 spiro atoms. The summed E-state index contributed by atoms with van der Waals surface area (Å²) in [4.78, 5) is 31.8. The second-order valence-corrected chi connectivity index (χ2v) is 7.27. The number of carbonyl (C=O) groups is 2. The first kappa shape index (κ1) is 16.9. The maximum atomic E-state index is 12.6. The molecule has 2 aromatic rings. The highest BCUT2D eigenvalue weighted by molar-refractivity contribution is 5.81. The van der Waals surface area contributed by atoms with E-state index < -0.39 is 0 Å². The largest absolute Gasteiger partial charge is 0.365 e. The Kier molecular flexibility index (Phi) is 4.78. The topological polar surface area (TPSA) is 56.4 Å². The maximum Gasteiger partial charge on any atom is 0.228 e. The lowest BCUT2D eigenvalue weighted by Crippen LogP contribution is -2.51. The number of aromatic nitrogens is 1. The SMILES string of the molecule is O=C(Cc1ccc2c(c1)CCC2)N1CCN(C(=O)Cc2ccc[nH]2)CC1. The number of nitrogens with one attached hydrogen (secondary N) is 1. The van der Waals surface area contributed by atoms with Crippen LogP contribution in [0.4, 0.5) is 0 Å². The summed E-state index contributed by atoms with van der Waals surface area (Å²) in [6.45, 7) is 2.49. The highest BCUT2D eigenvalue weighted by atomic mass is 16.2. The van der Waals surface area contributed by atoms with Crippen molar-refractivity contribution in [2.45, 2.75) is 32.1 Å². The van der Waals surface area contributed by atoms with Crippen molar-refractivity contribution in [1.29, 1.82) is 0 Å². The lowest BCUT2D eigenvalue weighted by Gasteiger charge is -2.35. The molecule has 1 aromatic heterocycles. The molecule has 0 unspecified atom stereocenters. The molecule has 1 fully saturated rings. The van der Waals surface area contributed by atoms with Crippen molar-refractivity contribution < 1.29 is 9.59 Å². The van der Waals surface area contributed by atoms with E-state index >= 15 is 0 Å². The van der Waals surface area contributed by atoms with Crippen molar-refractivity contribution >= 4 is 11.8 Å². The van der Waals surface area contributed by atoms with Crippen molar-refractivity contribution in [1.82, 2.24) is 14.8 Å². The third kappa shape index (κ3) is 3.66. The molecule has 0 atom stereocenters. The van der Waals surface area contributed by atoms with E-state index in [1.807, 2.05) is 28.1 Å². The molecule has 1 aliphatic heterocycles. The molecule has 136 valence electrons. The Balaban J connectivity index is 1.28. The maximum absolute atomic E-state index is 12.6. The highest BCUT2D eigenvalue weighted by Gasteiger charge is 2.24. The first-order valence-electron chi connectivity index (χ1n) is 9.47. The number of amides is 2. The molecular formula is C21H25N3O2. The number of piperazine rings is 1. The number of hydrogen-bond donors (Lipinski definition) is 1. The summed E-state index contributed by atoms with van der Waals surface area (Å²) in [6.07, 6.45) is 6.23. The number of hydrogen-bond acceptors (Lipinski definition) is 2. The fourth-order valence-electron chi connectivity index (χ4n) is 3.98. The van der Waals surface area contributed by atoms with E-state index in [0.29, 0.717) is 39.0 Å². The van der Waals surface area contributed by atoms with Gasteiger partial charge in [-0.05, 0) is 48.1 Å². The lowest BCUT2D eigenvalue weighted by molar-refractivity contribution is -0.138. The van der Waals surface area contributed by atoms with Crippen LogP contribution < -0.4 is 0 Å². The molecule has 2 heterocycles. The minimum Gasteiger partial charge on any atom is -0.365 e. The molecule has 0 radical (unpaired) electrons. The lowest BCUT2D eigenvalue weighted by atomic mass is 10.0. The van der Waals surface area contributed by atoms with Crippen LogP contribution in [0.2, 0.25) is 0 Å². The summed E-state index contributed by atoms with van der Waals surface area (Å²) >= 11 is 0. The second kappa shape index (κ2) is 7.36. The number of nitrogens with zero attached hydrogens (tertiary/aromatic N) is 2. The van der Waals surface area contributed by atoms with Crippen LogP contribution in [0.5, 0.6) is 0 Å². The van der Waals surface area contributed by atoms with Gasteiger partial charge in [-0.1, -0.05) is 18.2 Å². The van der Waals surface area contributed by atoms with Crippen molar-refractivity contribution in [3.63, 3.8) is 0 Å². The van der Waals surface area contributed by atoms with Crippen LogP contribution in [0.1, 0.15) is 28.8 Å². The number of rotatable bonds is 4. The van der Waals surface area contributed by atoms with E-state index in [1.54, 1.807) is 0 Å². The van der Waals surface area contributed by atoms with E-state index in [2.05, 4.69) is 23.2 Å². The normalized spacial score (nSPS) is 16.6. The van der Waals surface area contributed by atoms with Gasteiger partial charge in [-0.25, -0.2) is 0 Å².